The Bertz CT molecular complexity index is 148. The molecule has 12 heavy (non-hydrogen) atoms. The van der Waals surface area contributed by atoms with Gasteiger partial charge in [-0.3, -0.25) is 4.79 Å². The number of hydrogen-bond donors (Lipinski definition) is 1. The van der Waals surface area contributed by atoms with Crippen LogP contribution in [0.2, 0.25) is 0 Å². The molecule has 3 nitrogen and oxygen atoms in total. The number of aliphatic hydroxyl groups is 1. The molecule has 1 aliphatic rings. The van der Waals surface area contributed by atoms with Gasteiger partial charge in [-0.25, -0.2) is 0 Å². The van der Waals surface area contributed by atoms with Crippen LogP contribution < -0.4 is 0 Å². The Hall–Kier alpha value is -0.570. The van der Waals surface area contributed by atoms with Crippen molar-refractivity contribution in [3.05, 3.63) is 0 Å². The Morgan fingerprint density at radius 1 is 1.42 bits per heavy atom. The standard InChI is InChI=1S/C9H16O3/c1-7(10)12-6-8-2-4-9(11)5-3-8/h8-9,11H,2-6H2,1H3/t8-,9+. The van der Waals surface area contributed by atoms with Gasteiger partial charge in [0.15, 0.2) is 0 Å². The first-order chi connectivity index (χ1) is 5.68. The van der Waals surface area contributed by atoms with Crippen molar-refractivity contribution in [1.29, 1.82) is 0 Å². The third-order valence-corrected chi connectivity index (χ3v) is 2.34. The predicted octanol–water partition coefficient (Wildman–Crippen LogP) is 1.10. The van der Waals surface area contributed by atoms with Gasteiger partial charge in [0.05, 0.1) is 12.7 Å². The van der Waals surface area contributed by atoms with E-state index in [0.29, 0.717) is 12.5 Å². The normalized spacial score (nSPS) is 29.8. The quantitative estimate of drug-likeness (QED) is 0.634. The summed E-state index contributed by atoms with van der Waals surface area (Å²) in [5.74, 6) is 0.262. The summed E-state index contributed by atoms with van der Waals surface area (Å²) in [5.41, 5.74) is 0. The molecule has 0 aliphatic heterocycles. The highest BCUT2D eigenvalue weighted by molar-refractivity contribution is 5.65. The number of carbonyl (C=O) groups excluding carboxylic acids is 1. The summed E-state index contributed by atoms with van der Waals surface area (Å²) in [6, 6.07) is 0. The third kappa shape index (κ3) is 3.22. The zero-order valence-electron chi connectivity index (χ0n) is 7.45. The van der Waals surface area contributed by atoms with Crippen molar-refractivity contribution in [3.63, 3.8) is 0 Å². The third-order valence-electron chi connectivity index (χ3n) is 2.34. The molecule has 0 aromatic rings. The molecule has 70 valence electrons. The van der Waals surface area contributed by atoms with E-state index in [9.17, 15) is 9.90 Å². The lowest BCUT2D eigenvalue weighted by Crippen LogP contribution is -2.22. The second-order valence-corrected chi connectivity index (χ2v) is 3.48. The summed E-state index contributed by atoms with van der Waals surface area (Å²) in [5, 5.41) is 9.20. The fourth-order valence-electron chi connectivity index (χ4n) is 1.55. The van der Waals surface area contributed by atoms with E-state index >= 15 is 0 Å². The SMILES string of the molecule is CC(=O)OC[C@H]1CC[C@@H](O)CC1. The maximum atomic E-state index is 10.5. The van der Waals surface area contributed by atoms with Gasteiger partial charge in [0, 0.05) is 6.92 Å². The number of carbonyl (C=O) groups is 1. The lowest BCUT2D eigenvalue weighted by Gasteiger charge is -2.24. The van der Waals surface area contributed by atoms with Gasteiger partial charge in [-0.1, -0.05) is 0 Å². The van der Waals surface area contributed by atoms with E-state index < -0.39 is 0 Å². The highest BCUT2D eigenvalue weighted by atomic mass is 16.5. The monoisotopic (exact) mass is 172 g/mol. The Kier molecular flexibility index (Phi) is 3.53. The molecule has 0 aromatic carbocycles. The van der Waals surface area contributed by atoms with Crippen molar-refractivity contribution in [1.82, 2.24) is 0 Å². The Labute approximate surface area is 72.7 Å². The molecule has 0 spiro atoms. The van der Waals surface area contributed by atoms with Gasteiger partial charge in [0.2, 0.25) is 0 Å². The van der Waals surface area contributed by atoms with E-state index in [1.165, 1.54) is 6.92 Å². The number of hydrogen-bond acceptors (Lipinski definition) is 3. The van der Waals surface area contributed by atoms with E-state index in [4.69, 9.17) is 4.74 Å². The molecule has 0 amide bonds. The fourth-order valence-corrected chi connectivity index (χ4v) is 1.55. The van der Waals surface area contributed by atoms with Crippen molar-refractivity contribution in [2.75, 3.05) is 6.61 Å². The lowest BCUT2D eigenvalue weighted by molar-refractivity contribution is -0.142. The average Bonchev–Trinajstić information content (AvgIpc) is 2.03. The summed E-state index contributed by atoms with van der Waals surface area (Å²) in [4.78, 5) is 10.5. The fraction of sp³-hybridized carbons (Fsp3) is 0.889. The highest BCUT2D eigenvalue weighted by Crippen LogP contribution is 2.24. The molecule has 1 fully saturated rings. The van der Waals surface area contributed by atoms with Crippen LogP contribution >= 0.6 is 0 Å². The highest BCUT2D eigenvalue weighted by Gasteiger charge is 2.19. The van der Waals surface area contributed by atoms with Crippen LogP contribution in [0.1, 0.15) is 32.6 Å². The first-order valence-electron chi connectivity index (χ1n) is 4.50. The second-order valence-electron chi connectivity index (χ2n) is 3.48. The summed E-state index contributed by atoms with van der Waals surface area (Å²) >= 11 is 0. The van der Waals surface area contributed by atoms with E-state index in [0.717, 1.165) is 25.7 Å². The zero-order valence-corrected chi connectivity index (χ0v) is 7.45. The zero-order chi connectivity index (χ0) is 8.97. The maximum absolute atomic E-state index is 10.5. The Morgan fingerprint density at radius 2 is 2.00 bits per heavy atom. The van der Waals surface area contributed by atoms with Gasteiger partial charge >= 0.3 is 5.97 Å². The van der Waals surface area contributed by atoms with Crippen LogP contribution in [-0.4, -0.2) is 23.8 Å². The van der Waals surface area contributed by atoms with E-state index in [1.54, 1.807) is 0 Å². The van der Waals surface area contributed by atoms with Gasteiger partial charge in [0.25, 0.3) is 0 Å². The molecule has 0 radical (unpaired) electrons. The molecule has 0 bridgehead atoms. The minimum absolute atomic E-state index is 0.126. The summed E-state index contributed by atoms with van der Waals surface area (Å²) < 4.78 is 4.90. The number of ether oxygens (including phenoxy) is 1. The Morgan fingerprint density at radius 3 is 2.50 bits per heavy atom. The van der Waals surface area contributed by atoms with Gasteiger partial charge in [0.1, 0.15) is 0 Å². The molecule has 0 atom stereocenters. The van der Waals surface area contributed by atoms with Gasteiger partial charge in [-0.2, -0.15) is 0 Å². The van der Waals surface area contributed by atoms with Crippen molar-refractivity contribution in [3.8, 4) is 0 Å². The van der Waals surface area contributed by atoms with Crippen LogP contribution in [-0.2, 0) is 9.53 Å². The minimum atomic E-state index is -0.207. The van der Waals surface area contributed by atoms with Crippen LogP contribution in [0, 0.1) is 5.92 Å². The van der Waals surface area contributed by atoms with Gasteiger partial charge < -0.3 is 9.84 Å². The number of aliphatic hydroxyl groups excluding tert-OH is 1. The van der Waals surface area contributed by atoms with Crippen molar-refractivity contribution >= 4 is 5.97 Å². The molecule has 1 aliphatic carbocycles. The maximum Gasteiger partial charge on any atom is 0.302 e. The molecule has 1 rings (SSSR count). The van der Waals surface area contributed by atoms with Crippen LogP contribution in [0.3, 0.4) is 0 Å². The lowest BCUT2D eigenvalue weighted by atomic mass is 9.88. The predicted molar refractivity (Wildman–Crippen MR) is 44.6 cm³/mol. The Balaban J connectivity index is 2.13. The molecule has 1 saturated carbocycles. The smallest absolute Gasteiger partial charge is 0.302 e. The van der Waals surface area contributed by atoms with Crippen molar-refractivity contribution in [2.45, 2.75) is 38.7 Å². The summed E-state index contributed by atoms with van der Waals surface area (Å²) in [7, 11) is 0. The summed E-state index contributed by atoms with van der Waals surface area (Å²) in [6.45, 7) is 1.96. The number of esters is 1. The molecular weight excluding hydrogens is 156 g/mol. The van der Waals surface area contributed by atoms with Crippen LogP contribution in [0.25, 0.3) is 0 Å². The first kappa shape index (κ1) is 9.52. The average molecular weight is 172 g/mol. The van der Waals surface area contributed by atoms with Crippen molar-refractivity contribution in [2.24, 2.45) is 5.92 Å². The minimum Gasteiger partial charge on any atom is -0.466 e. The van der Waals surface area contributed by atoms with Crippen LogP contribution in [0.15, 0.2) is 0 Å². The largest absolute Gasteiger partial charge is 0.466 e. The van der Waals surface area contributed by atoms with Crippen LogP contribution in [0.4, 0.5) is 0 Å². The number of rotatable bonds is 2. The molecule has 3 heteroatoms. The first-order valence-corrected chi connectivity index (χ1v) is 4.50. The second kappa shape index (κ2) is 4.45. The molecular formula is C9H16O3. The van der Waals surface area contributed by atoms with Gasteiger partial charge in [-0.05, 0) is 31.6 Å². The summed E-state index contributed by atoms with van der Waals surface area (Å²) in [6.07, 6.45) is 3.54. The topological polar surface area (TPSA) is 46.5 Å². The van der Waals surface area contributed by atoms with E-state index in [-0.39, 0.29) is 12.1 Å². The molecule has 0 aromatic heterocycles. The molecule has 0 saturated heterocycles. The van der Waals surface area contributed by atoms with Crippen LogP contribution in [0.5, 0.6) is 0 Å². The van der Waals surface area contributed by atoms with Gasteiger partial charge in [-0.15, -0.1) is 0 Å². The van der Waals surface area contributed by atoms with E-state index in [2.05, 4.69) is 0 Å². The molecule has 0 heterocycles. The van der Waals surface area contributed by atoms with E-state index in [1.807, 2.05) is 0 Å². The molecule has 0 unspecified atom stereocenters. The molecule has 1 N–H and O–H groups in total. The van der Waals surface area contributed by atoms with Crippen molar-refractivity contribution < 1.29 is 14.6 Å².